The molecule has 0 atom stereocenters. The maximum absolute atomic E-state index is 12.6. The van der Waals surface area contributed by atoms with E-state index >= 15 is 0 Å². The normalized spacial score (nSPS) is 12.6. The van der Waals surface area contributed by atoms with E-state index in [1.54, 1.807) is 26.4 Å². The summed E-state index contributed by atoms with van der Waals surface area (Å²) in [5.41, 5.74) is 3.02. The van der Waals surface area contributed by atoms with E-state index in [4.69, 9.17) is 19.0 Å². The average Bonchev–Trinajstić information content (AvgIpc) is 3.26. The van der Waals surface area contributed by atoms with E-state index in [1.165, 1.54) is 30.3 Å². The number of aryl methyl sites for hydroxylation is 1. The van der Waals surface area contributed by atoms with Crippen LogP contribution in [0.25, 0.3) is 23.5 Å². The Labute approximate surface area is 185 Å². The summed E-state index contributed by atoms with van der Waals surface area (Å²) >= 11 is 0. The van der Waals surface area contributed by atoms with Crippen LogP contribution in [0.4, 0.5) is 0 Å². The molecule has 1 aliphatic rings. The van der Waals surface area contributed by atoms with Crippen LogP contribution in [0.2, 0.25) is 0 Å². The molecule has 162 valence electrons. The molecule has 0 aliphatic heterocycles. The summed E-state index contributed by atoms with van der Waals surface area (Å²) in [6.07, 6.45) is 9.07. The molecule has 0 amide bonds. The molecule has 1 N–H and O–H groups in total. The monoisotopic (exact) mass is 430 g/mol. The van der Waals surface area contributed by atoms with Crippen molar-refractivity contribution in [2.75, 3.05) is 14.2 Å². The SMILES string of the molecule is COc1cc(OC)c(-c2cc3c(o2)CCC=C3)cc1/C=C/C(=O)c1ccc(C(=O)O)cc1. The summed E-state index contributed by atoms with van der Waals surface area (Å²) in [4.78, 5) is 23.6. The Morgan fingerprint density at radius 1 is 1.00 bits per heavy atom. The standard InChI is InChI=1S/C26H22O6/c1-30-23-15-24(31-2)20(25-14-18-5-3-4-6-22(18)32-25)13-19(23)11-12-21(27)16-7-9-17(10-8-16)26(28)29/h3,5,7-15H,4,6H2,1-2H3,(H,28,29)/b12-11+. The van der Waals surface area contributed by atoms with E-state index < -0.39 is 5.97 Å². The van der Waals surface area contributed by atoms with Gasteiger partial charge in [-0.05, 0) is 42.8 Å². The highest BCUT2D eigenvalue weighted by atomic mass is 16.5. The highest BCUT2D eigenvalue weighted by Crippen LogP contribution is 2.39. The number of hydrogen-bond acceptors (Lipinski definition) is 5. The van der Waals surface area contributed by atoms with Crippen molar-refractivity contribution in [3.05, 3.63) is 82.6 Å². The summed E-state index contributed by atoms with van der Waals surface area (Å²) < 4.78 is 17.1. The molecule has 1 aromatic heterocycles. The van der Waals surface area contributed by atoms with Crippen molar-refractivity contribution in [1.82, 2.24) is 0 Å². The minimum atomic E-state index is -1.04. The van der Waals surface area contributed by atoms with Gasteiger partial charge in [0.2, 0.25) is 0 Å². The van der Waals surface area contributed by atoms with E-state index in [2.05, 4.69) is 12.2 Å². The van der Waals surface area contributed by atoms with Gasteiger partial charge < -0.3 is 19.0 Å². The number of methoxy groups -OCH3 is 2. The lowest BCUT2D eigenvalue weighted by atomic mass is 10.0. The lowest BCUT2D eigenvalue weighted by Gasteiger charge is -2.12. The number of ether oxygens (including phenoxy) is 2. The molecule has 6 heteroatoms. The number of allylic oxidation sites excluding steroid dienone is 2. The third-order valence-electron chi connectivity index (χ3n) is 5.33. The van der Waals surface area contributed by atoms with Crippen molar-refractivity contribution in [3.63, 3.8) is 0 Å². The van der Waals surface area contributed by atoms with E-state index in [0.717, 1.165) is 29.7 Å². The Hall–Kier alpha value is -4.06. The molecule has 0 saturated heterocycles. The summed E-state index contributed by atoms with van der Waals surface area (Å²) in [5, 5.41) is 9.01. The first-order valence-corrected chi connectivity index (χ1v) is 10.1. The van der Waals surface area contributed by atoms with Crippen molar-refractivity contribution in [2.45, 2.75) is 12.8 Å². The molecule has 1 aliphatic carbocycles. The topological polar surface area (TPSA) is 86.0 Å². The van der Waals surface area contributed by atoms with Gasteiger partial charge in [0, 0.05) is 29.2 Å². The molecule has 0 bridgehead atoms. The van der Waals surface area contributed by atoms with E-state index in [1.807, 2.05) is 12.1 Å². The molecule has 0 unspecified atom stereocenters. The van der Waals surface area contributed by atoms with Crippen molar-refractivity contribution in [2.24, 2.45) is 0 Å². The van der Waals surface area contributed by atoms with Gasteiger partial charge in [-0.1, -0.05) is 24.3 Å². The van der Waals surface area contributed by atoms with Crippen LogP contribution >= 0.6 is 0 Å². The Bertz CT molecular complexity index is 1230. The van der Waals surface area contributed by atoms with Crippen LogP contribution in [0.15, 0.2) is 59.0 Å². The molecule has 32 heavy (non-hydrogen) atoms. The van der Waals surface area contributed by atoms with Crippen LogP contribution in [0.1, 0.15) is 44.0 Å². The van der Waals surface area contributed by atoms with Crippen LogP contribution in [-0.2, 0) is 6.42 Å². The second kappa shape index (κ2) is 8.98. The summed E-state index contributed by atoms with van der Waals surface area (Å²) in [7, 11) is 3.13. The third-order valence-corrected chi connectivity index (χ3v) is 5.33. The average molecular weight is 430 g/mol. The Morgan fingerprint density at radius 2 is 1.72 bits per heavy atom. The quantitative estimate of drug-likeness (QED) is 0.392. The van der Waals surface area contributed by atoms with Crippen LogP contribution in [0, 0.1) is 0 Å². The molecule has 0 fully saturated rings. The summed E-state index contributed by atoms with van der Waals surface area (Å²) in [5.74, 6) is 1.49. The highest BCUT2D eigenvalue weighted by Gasteiger charge is 2.18. The highest BCUT2D eigenvalue weighted by molar-refractivity contribution is 6.07. The van der Waals surface area contributed by atoms with E-state index in [-0.39, 0.29) is 11.3 Å². The fraction of sp³-hybridized carbons (Fsp3) is 0.154. The summed E-state index contributed by atoms with van der Waals surface area (Å²) in [6.45, 7) is 0. The predicted molar refractivity (Wildman–Crippen MR) is 121 cm³/mol. The number of carbonyl (C=O) groups is 2. The predicted octanol–water partition coefficient (Wildman–Crippen LogP) is 5.52. The lowest BCUT2D eigenvalue weighted by molar-refractivity contribution is 0.0696. The van der Waals surface area contributed by atoms with Crippen LogP contribution in [0.3, 0.4) is 0 Å². The second-order valence-corrected chi connectivity index (χ2v) is 7.30. The summed E-state index contributed by atoms with van der Waals surface area (Å²) in [6, 6.07) is 11.4. The molecule has 0 saturated carbocycles. The second-order valence-electron chi connectivity index (χ2n) is 7.30. The van der Waals surface area contributed by atoms with Crippen molar-refractivity contribution in [3.8, 4) is 22.8 Å². The molecule has 4 rings (SSSR count). The maximum atomic E-state index is 12.6. The first kappa shape index (κ1) is 21.2. The third kappa shape index (κ3) is 4.21. The zero-order valence-corrected chi connectivity index (χ0v) is 17.8. The smallest absolute Gasteiger partial charge is 0.335 e. The molecule has 0 spiro atoms. The maximum Gasteiger partial charge on any atom is 0.335 e. The van der Waals surface area contributed by atoms with Gasteiger partial charge in [-0.15, -0.1) is 0 Å². The number of carboxylic acid groups (broad SMARTS) is 1. The first-order chi connectivity index (χ1) is 15.5. The van der Waals surface area contributed by atoms with Gasteiger partial charge >= 0.3 is 5.97 Å². The minimum absolute atomic E-state index is 0.128. The van der Waals surface area contributed by atoms with Gasteiger partial charge in [-0.2, -0.15) is 0 Å². The van der Waals surface area contributed by atoms with Gasteiger partial charge in [0.05, 0.1) is 25.3 Å². The Kier molecular flexibility index (Phi) is 5.94. The van der Waals surface area contributed by atoms with Crippen LogP contribution in [0.5, 0.6) is 11.5 Å². The van der Waals surface area contributed by atoms with Crippen molar-refractivity contribution in [1.29, 1.82) is 0 Å². The van der Waals surface area contributed by atoms with Gasteiger partial charge in [0.25, 0.3) is 0 Å². The molecule has 1 heterocycles. The zero-order valence-electron chi connectivity index (χ0n) is 17.8. The number of carbonyl (C=O) groups excluding carboxylic acids is 1. The number of carboxylic acids is 1. The number of fused-ring (bicyclic) bond motifs is 1. The molecular formula is C26H22O6. The molecule has 2 aromatic carbocycles. The number of aromatic carboxylic acids is 1. The fourth-order valence-electron chi connectivity index (χ4n) is 3.62. The molecule has 0 radical (unpaired) electrons. The van der Waals surface area contributed by atoms with E-state index in [9.17, 15) is 9.59 Å². The van der Waals surface area contributed by atoms with Gasteiger partial charge in [-0.25, -0.2) is 4.79 Å². The van der Waals surface area contributed by atoms with Crippen molar-refractivity contribution < 1.29 is 28.6 Å². The minimum Gasteiger partial charge on any atom is -0.496 e. The number of ketones is 1. The number of hydrogen-bond donors (Lipinski definition) is 1. The number of furan rings is 1. The zero-order chi connectivity index (χ0) is 22.7. The first-order valence-electron chi connectivity index (χ1n) is 10.1. The van der Waals surface area contributed by atoms with Crippen LogP contribution < -0.4 is 9.47 Å². The van der Waals surface area contributed by atoms with Gasteiger partial charge in [0.15, 0.2) is 5.78 Å². The lowest BCUT2D eigenvalue weighted by Crippen LogP contribution is -1.99. The molecular weight excluding hydrogens is 408 g/mol. The van der Waals surface area contributed by atoms with Gasteiger partial charge in [0.1, 0.15) is 23.0 Å². The van der Waals surface area contributed by atoms with Gasteiger partial charge in [-0.3, -0.25) is 4.79 Å². The van der Waals surface area contributed by atoms with Crippen LogP contribution in [-0.4, -0.2) is 31.1 Å². The number of rotatable bonds is 7. The fourth-order valence-corrected chi connectivity index (χ4v) is 3.62. The molecule has 6 nitrogen and oxygen atoms in total. The Morgan fingerprint density at radius 3 is 2.38 bits per heavy atom. The Balaban J connectivity index is 1.68. The van der Waals surface area contributed by atoms with Crippen molar-refractivity contribution >= 4 is 23.9 Å². The van der Waals surface area contributed by atoms with E-state index in [0.29, 0.717) is 28.4 Å². The number of benzene rings is 2. The largest absolute Gasteiger partial charge is 0.496 e. The molecule has 3 aromatic rings.